The van der Waals surface area contributed by atoms with E-state index in [1.54, 1.807) is 12.1 Å². The Morgan fingerprint density at radius 2 is 1.61 bits per heavy atom. The van der Waals surface area contributed by atoms with Gasteiger partial charge in [-0.1, -0.05) is 31.9 Å². The molecule has 0 N–H and O–H groups in total. The van der Waals surface area contributed by atoms with Crippen LogP contribution in [0.25, 0.3) is 0 Å². The largest absolute Gasteiger partial charge is 0.352 e. The van der Waals surface area contributed by atoms with Crippen LogP contribution >= 0.6 is 0 Å². The van der Waals surface area contributed by atoms with Gasteiger partial charge >= 0.3 is 0 Å². The van der Waals surface area contributed by atoms with Crippen LogP contribution in [0.5, 0.6) is 0 Å². The topological polar surface area (TPSA) is 36.9 Å². The predicted molar refractivity (Wildman–Crippen MR) is 83.2 cm³/mol. The zero-order valence-electron chi connectivity index (χ0n) is 13.6. The third-order valence-electron chi connectivity index (χ3n) is 4.41. The van der Waals surface area contributed by atoms with E-state index in [2.05, 4.69) is 6.92 Å². The normalized spacial score (nSPS) is 31.9. The summed E-state index contributed by atoms with van der Waals surface area (Å²) in [6.45, 7) is 4.74. The Labute approximate surface area is 136 Å². The molecule has 0 aromatic heterocycles. The monoisotopic (exact) mass is 324 g/mol. The summed E-state index contributed by atoms with van der Waals surface area (Å²) in [6.07, 6.45) is 2.90. The molecule has 23 heavy (non-hydrogen) atoms. The van der Waals surface area contributed by atoms with Crippen LogP contribution in [-0.4, -0.2) is 32.7 Å². The molecule has 0 saturated carbocycles. The van der Waals surface area contributed by atoms with E-state index in [1.807, 2.05) is 0 Å². The summed E-state index contributed by atoms with van der Waals surface area (Å²) in [5, 5.41) is 0. The molecule has 2 heterocycles. The summed E-state index contributed by atoms with van der Waals surface area (Å²) in [7, 11) is 0. The van der Waals surface area contributed by atoms with Crippen LogP contribution in [0.4, 0.5) is 4.39 Å². The maximum atomic E-state index is 13.0. The van der Waals surface area contributed by atoms with E-state index in [0.29, 0.717) is 19.1 Å². The first kappa shape index (κ1) is 16.8. The Kier molecular flexibility index (Phi) is 6.00. The van der Waals surface area contributed by atoms with Gasteiger partial charge in [-0.05, 0) is 18.6 Å². The second kappa shape index (κ2) is 8.20. The van der Waals surface area contributed by atoms with E-state index >= 15 is 0 Å². The number of hydrogen-bond acceptors (Lipinski definition) is 4. The number of unbranched alkanes of at least 4 members (excludes halogenated alkanes) is 1. The average molecular weight is 324 g/mol. The van der Waals surface area contributed by atoms with Crippen LogP contribution in [0.3, 0.4) is 0 Å². The van der Waals surface area contributed by atoms with Gasteiger partial charge in [0.1, 0.15) is 5.82 Å². The van der Waals surface area contributed by atoms with Crippen LogP contribution in [0.15, 0.2) is 24.3 Å². The Bertz CT molecular complexity index is 462. The Morgan fingerprint density at radius 1 is 0.957 bits per heavy atom. The summed E-state index contributed by atoms with van der Waals surface area (Å²) in [5.74, 6) is 0.325. The lowest BCUT2D eigenvalue weighted by Gasteiger charge is -2.37. The zero-order valence-corrected chi connectivity index (χ0v) is 13.6. The second-order valence-electron chi connectivity index (χ2n) is 6.35. The third kappa shape index (κ3) is 4.51. The van der Waals surface area contributed by atoms with E-state index in [0.717, 1.165) is 25.2 Å². The highest BCUT2D eigenvalue weighted by Gasteiger charge is 2.33. The molecule has 0 amide bonds. The molecule has 1 aromatic carbocycles. The molecule has 5 heteroatoms. The van der Waals surface area contributed by atoms with Crippen molar-refractivity contribution in [3.63, 3.8) is 0 Å². The van der Waals surface area contributed by atoms with Gasteiger partial charge in [0.15, 0.2) is 12.6 Å². The smallest absolute Gasteiger partial charge is 0.183 e. The van der Waals surface area contributed by atoms with Crippen molar-refractivity contribution in [2.24, 2.45) is 11.8 Å². The van der Waals surface area contributed by atoms with E-state index < -0.39 is 6.29 Å². The van der Waals surface area contributed by atoms with Crippen molar-refractivity contribution in [3.05, 3.63) is 35.6 Å². The molecule has 2 saturated heterocycles. The van der Waals surface area contributed by atoms with Gasteiger partial charge in [-0.15, -0.1) is 0 Å². The fraction of sp³-hybridized carbons (Fsp3) is 0.667. The fourth-order valence-electron chi connectivity index (χ4n) is 2.98. The van der Waals surface area contributed by atoms with Gasteiger partial charge in [0.25, 0.3) is 0 Å². The lowest BCUT2D eigenvalue weighted by atomic mass is 10.0. The molecular formula is C18H25FO4. The van der Waals surface area contributed by atoms with Crippen molar-refractivity contribution < 1.29 is 23.3 Å². The van der Waals surface area contributed by atoms with Crippen molar-refractivity contribution in [2.45, 2.75) is 38.8 Å². The number of halogens is 1. The van der Waals surface area contributed by atoms with Crippen molar-refractivity contribution in [3.8, 4) is 0 Å². The highest BCUT2D eigenvalue weighted by molar-refractivity contribution is 5.17. The average Bonchev–Trinajstić information content (AvgIpc) is 2.61. The van der Waals surface area contributed by atoms with Crippen LogP contribution in [0, 0.1) is 17.7 Å². The molecule has 1 aromatic rings. The van der Waals surface area contributed by atoms with Crippen molar-refractivity contribution in [2.75, 3.05) is 26.4 Å². The molecule has 2 aliphatic heterocycles. The van der Waals surface area contributed by atoms with Crippen LogP contribution < -0.4 is 0 Å². The highest BCUT2D eigenvalue weighted by Crippen LogP contribution is 2.29. The van der Waals surface area contributed by atoms with Crippen molar-refractivity contribution >= 4 is 0 Å². The number of benzene rings is 1. The van der Waals surface area contributed by atoms with E-state index in [1.165, 1.54) is 25.0 Å². The molecule has 0 aliphatic carbocycles. The van der Waals surface area contributed by atoms with Gasteiger partial charge in [0.05, 0.1) is 32.3 Å². The van der Waals surface area contributed by atoms with Crippen LogP contribution in [0.2, 0.25) is 0 Å². The van der Waals surface area contributed by atoms with E-state index in [9.17, 15) is 4.39 Å². The molecule has 0 bridgehead atoms. The minimum atomic E-state index is -0.437. The standard InChI is InChI=1S/C18H25FO4/c1-2-3-4-13-9-20-18(21-10-13)15-11-22-17(23-12-15)14-5-7-16(19)8-6-14/h5-8,13,15,17-18H,2-4,9-12H2,1H3. The summed E-state index contributed by atoms with van der Waals surface area (Å²) in [5.41, 5.74) is 0.829. The fourth-order valence-corrected chi connectivity index (χ4v) is 2.98. The molecule has 2 fully saturated rings. The maximum absolute atomic E-state index is 13.0. The lowest BCUT2D eigenvalue weighted by Crippen LogP contribution is -2.43. The lowest BCUT2D eigenvalue weighted by molar-refractivity contribution is -0.283. The van der Waals surface area contributed by atoms with Crippen LogP contribution in [0.1, 0.15) is 38.0 Å². The maximum Gasteiger partial charge on any atom is 0.183 e. The van der Waals surface area contributed by atoms with Gasteiger partial charge in [-0.25, -0.2) is 4.39 Å². The van der Waals surface area contributed by atoms with Gasteiger partial charge in [-0.3, -0.25) is 0 Å². The third-order valence-corrected chi connectivity index (χ3v) is 4.41. The SMILES string of the molecule is CCCCC1COC(C2COC(c3ccc(F)cc3)OC2)OC1. The number of ether oxygens (including phenoxy) is 4. The zero-order chi connectivity index (χ0) is 16.1. The first-order valence-electron chi connectivity index (χ1n) is 8.48. The molecule has 0 spiro atoms. The quantitative estimate of drug-likeness (QED) is 0.828. The molecule has 0 radical (unpaired) electrons. The summed E-state index contributed by atoms with van der Waals surface area (Å²) in [4.78, 5) is 0. The highest BCUT2D eigenvalue weighted by atomic mass is 19.1. The van der Waals surface area contributed by atoms with Gasteiger partial charge < -0.3 is 18.9 Å². The Hall–Kier alpha value is -1.01. The Morgan fingerprint density at radius 3 is 2.22 bits per heavy atom. The summed E-state index contributed by atoms with van der Waals surface area (Å²) < 4.78 is 36.2. The molecule has 3 rings (SSSR count). The number of hydrogen-bond donors (Lipinski definition) is 0. The molecular weight excluding hydrogens is 299 g/mol. The minimum absolute atomic E-state index is 0.0822. The predicted octanol–water partition coefficient (Wildman–Crippen LogP) is 3.67. The molecule has 4 nitrogen and oxygen atoms in total. The minimum Gasteiger partial charge on any atom is -0.352 e. The molecule has 0 unspecified atom stereocenters. The van der Waals surface area contributed by atoms with Gasteiger partial charge in [0.2, 0.25) is 0 Å². The van der Waals surface area contributed by atoms with E-state index in [4.69, 9.17) is 18.9 Å². The Balaban J connectivity index is 1.43. The molecule has 2 aliphatic rings. The first-order chi connectivity index (χ1) is 11.3. The second-order valence-corrected chi connectivity index (χ2v) is 6.35. The first-order valence-corrected chi connectivity index (χ1v) is 8.48. The summed E-state index contributed by atoms with van der Waals surface area (Å²) in [6, 6.07) is 6.20. The van der Waals surface area contributed by atoms with Crippen LogP contribution in [-0.2, 0) is 18.9 Å². The molecule has 0 atom stereocenters. The summed E-state index contributed by atoms with van der Waals surface area (Å²) >= 11 is 0. The molecule has 128 valence electrons. The number of rotatable bonds is 5. The van der Waals surface area contributed by atoms with Gasteiger partial charge in [-0.2, -0.15) is 0 Å². The van der Waals surface area contributed by atoms with Crippen molar-refractivity contribution in [1.29, 1.82) is 0 Å². The van der Waals surface area contributed by atoms with Crippen molar-refractivity contribution in [1.82, 2.24) is 0 Å². The van der Waals surface area contributed by atoms with Gasteiger partial charge in [0, 0.05) is 11.5 Å². The van der Waals surface area contributed by atoms with E-state index in [-0.39, 0.29) is 18.0 Å².